The summed E-state index contributed by atoms with van der Waals surface area (Å²) in [6, 6.07) is 9.42. The number of methoxy groups -OCH3 is 1. The molecule has 1 aromatic carbocycles. The van der Waals surface area contributed by atoms with Crippen molar-refractivity contribution in [2.45, 2.75) is 64.0 Å². The molecule has 1 atom stereocenters. The third-order valence-electron chi connectivity index (χ3n) is 7.18. The second-order valence-corrected chi connectivity index (χ2v) is 11.2. The van der Waals surface area contributed by atoms with E-state index in [1.54, 1.807) is 25.4 Å². The van der Waals surface area contributed by atoms with Crippen LogP contribution in [0.1, 0.15) is 63.5 Å². The fraction of sp³-hybridized carbons (Fsp3) is 0.452. The van der Waals surface area contributed by atoms with Crippen LogP contribution in [0, 0.1) is 17.6 Å². The second-order valence-electron chi connectivity index (χ2n) is 11.2. The van der Waals surface area contributed by atoms with Gasteiger partial charge in [0.1, 0.15) is 17.2 Å². The lowest BCUT2D eigenvalue weighted by molar-refractivity contribution is 0.0518. The van der Waals surface area contributed by atoms with Gasteiger partial charge in [0, 0.05) is 42.9 Å². The Morgan fingerprint density at radius 3 is 2.62 bits per heavy atom. The molecule has 3 aromatic rings. The maximum Gasteiger partial charge on any atom is 0.407 e. The minimum absolute atomic E-state index is 0.00872. The van der Waals surface area contributed by atoms with E-state index in [1.807, 2.05) is 39.0 Å². The fourth-order valence-corrected chi connectivity index (χ4v) is 5.27. The van der Waals surface area contributed by atoms with Gasteiger partial charge < -0.3 is 20.1 Å². The van der Waals surface area contributed by atoms with Gasteiger partial charge in [-0.25, -0.2) is 18.6 Å². The van der Waals surface area contributed by atoms with Gasteiger partial charge in [-0.1, -0.05) is 12.2 Å². The Morgan fingerprint density at radius 1 is 1.12 bits per heavy atom. The van der Waals surface area contributed by atoms with E-state index in [0.717, 1.165) is 54.4 Å². The Bertz CT molecular complexity index is 1330. The summed E-state index contributed by atoms with van der Waals surface area (Å²) in [6.45, 7) is 6.50. The van der Waals surface area contributed by atoms with Crippen LogP contribution in [0.2, 0.25) is 0 Å². The molecular formula is C31H38F2N4O3. The van der Waals surface area contributed by atoms with Crippen molar-refractivity contribution in [3.05, 3.63) is 71.4 Å². The van der Waals surface area contributed by atoms with E-state index in [2.05, 4.69) is 15.6 Å². The normalized spacial score (nSPS) is 18.6. The molecule has 1 aliphatic carbocycles. The van der Waals surface area contributed by atoms with Crippen LogP contribution in [0.15, 0.2) is 48.7 Å². The third kappa shape index (κ3) is 7.97. The highest BCUT2D eigenvalue weighted by Crippen LogP contribution is 2.38. The smallest absolute Gasteiger partial charge is 0.407 e. The van der Waals surface area contributed by atoms with Crippen LogP contribution >= 0.6 is 0 Å². The number of aromatic nitrogens is 2. The minimum Gasteiger partial charge on any atom is -0.481 e. The number of pyridine rings is 2. The van der Waals surface area contributed by atoms with E-state index in [1.165, 1.54) is 6.07 Å². The number of alkyl carbamates (subject to hydrolysis) is 1. The zero-order valence-corrected chi connectivity index (χ0v) is 23.5. The molecule has 1 amide bonds. The Labute approximate surface area is 234 Å². The lowest BCUT2D eigenvalue weighted by Crippen LogP contribution is -2.39. The lowest BCUT2D eigenvalue weighted by Gasteiger charge is -2.35. The highest BCUT2D eigenvalue weighted by Gasteiger charge is 2.31. The van der Waals surface area contributed by atoms with E-state index in [4.69, 9.17) is 14.5 Å². The highest BCUT2D eigenvalue weighted by atomic mass is 19.1. The van der Waals surface area contributed by atoms with E-state index < -0.39 is 23.3 Å². The standard InChI is InChI=1S/C31H38F2N4O3/c1-31(2,3)40-30(38)36-19-25(24-15-17-35-27-13-14-28(39-4)37-29(24)27)20-7-10-23(11-8-20)34-16-5-6-21-18-22(32)9-12-26(21)33/h5-6,9,12-15,17-18,20,23,25,34H,7-8,10-11,16,19H2,1-4H3,(H,36,38). The lowest BCUT2D eigenvalue weighted by atomic mass is 9.75. The molecule has 0 radical (unpaired) electrons. The van der Waals surface area contributed by atoms with Crippen molar-refractivity contribution in [1.29, 1.82) is 0 Å². The van der Waals surface area contributed by atoms with Gasteiger partial charge in [0.2, 0.25) is 5.88 Å². The topological polar surface area (TPSA) is 85.4 Å². The Morgan fingerprint density at radius 2 is 1.90 bits per heavy atom. The van der Waals surface area contributed by atoms with Crippen molar-refractivity contribution in [2.24, 2.45) is 5.92 Å². The van der Waals surface area contributed by atoms with Gasteiger partial charge in [-0.2, -0.15) is 0 Å². The van der Waals surface area contributed by atoms with E-state index in [9.17, 15) is 13.6 Å². The second kappa shape index (κ2) is 13.2. The summed E-state index contributed by atoms with van der Waals surface area (Å²) in [5.41, 5.74) is 2.22. The monoisotopic (exact) mass is 552 g/mol. The number of fused-ring (bicyclic) bond motifs is 1. The molecule has 2 N–H and O–H groups in total. The molecule has 40 heavy (non-hydrogen) atoms. The molecule has 1 saturated carbocycles. The molecule has 2 aromatic heterocycles. The largest absolute Gasteiger partial charge is 0.481 e. The van der Waals surface area contributed by atoms with Crippen LogP contribution in [0.4, 0.5) is 13.6 Å². The minimum atomic E-state index is -0.587. The van der Waals surface area contributed by atoms with Gasteiger partial charge in [-0.15, -0.1) is 0 Å². The van der Waals surface area contributed by atoms with Crippen LogP contribution in [0.3, 0.4) is 0 Å². The van der Waals surface area contributed by atoms with Crippen LogP contribution in [-0.2, 0) is 4.74 Å². The molecule has 0 aliphatic heterocycles. The summed E-state index contributed by atoms with van der Waals surface area (Å²) in [6.07, 6.45) is 8.57. The molecule has 0 saturated heterocycles. The van der Waals surface area contributed by atoms with Crippen molar-refractivity contribution in [3.8, 4) is 5.88 Å². The molecule has 9 heteroatoms. The summed E-state index contributed by atoms with van der Waals surface area (Å²) < 4.78 is 38.1. The number of halogens is 2. The molecule has 4 rings (SSSR count). The van der Waals surface area contributed by atoms with Crippen molar-refractivity contribution in [2.75, 3.05) is 20.2 Å². The summed E-state index contributed by atoms with van der Waals surface area (Å²) in [5.74, 6) is -0.0729. The van der Waals surface area contributed by atoms with E-state index >= 15 is 0 Å². The number of benzene rings is 1. The number of carbonyl (C=O) groups excluding carboxylic acids is 1. The molecule has 2 heterocycles. The van der Waals surface area contributed by atoms with Crippen molar-refractivity contribution < 1.29 is 23.0 Å². The summed E-state index contributed by atoms with van der Waals surface area (Å²) >= 11 is 0. The average Bonchev–Trinajstić information content (AvgIpc) is 2.92. The number of nitrogens with one attached hydrogen (secondary N) is 2. The Balaban J connectivity index is 1.44. The molecular weight excluding hydrogens is 514 g/mol. The first-order valence-corrected chi connectivity index (χ1v) is 13.7. The van der Waals surface area contributed by atoms with Gasteiger partial charge in [0.05, 0.1) is 18.1 Å². The highest BCUT2D eigenvalue weighted by molar-refractivity contribution is 5.79. The zero-order valence-electron chi connectivity index (χ0n) is 23.5. The molecule has 1 aliphatic rings. The van der Waals surface area contributed by atoms with Gasteiger partial charge in [-0.3, -0.25) is 4.98 Å². The Kier molecular flexibility index (Phi) is 9.68. The van der Waals surface area contributed by atoms with Crippen molar-refractivity contribution >= 4 is 23.2 Å². The maximum atomic E-state index is 13.9. The number of ether oxygens (including phenoxy) is 2. The number of hydrogen-bond donors (Lipinski definition) is 2. The molecule has 1 unspecified atom stereocenters. The van der Waals surface area contributed by atoms with Gasteiger partial charge in [0.25, 0.3) is 0 Å². The number of amides is 1. The SMILES string of the molecule is COc1ccc2nccc(C(CNC(=O)OC(C)(C)C)C3CCC(NCC=Cc4cc(F)ccc4F)CC3)c2n1. The predicted octanol–water partition coefficient (Wildman–Crippen LogP) is 6.39. The summed E-state index contributed by atoms with van der Waals surface area (Å²) in [5, 5.41) is 6.50. The first-order chi connectivity index (χ1) is 19.1. The summed E-state index contributed by atoms with van der Waals surface area (Å²) in [7, 11) is 1.59. The van der Waals surface area contributed by atoms with Crippen molar-refractivity contribution in [1.82, 2.24) is 20.6 Å². The summed E-state index contributed by atoms with van der Waals surface area (Å²) in [4.78, 5) is 21.7. The number of hydrogen-bond acceptors (Lipinski definition) is 6. The fourth-order valence-electron chi connectivity index (χ4n) is 5.27. The number of carbonyl (C=O) groups is 1. The van der Waals surface area contributed by atoms with Crippen LogP contribution in [-0.4, -0.2) is 47.9 Å². The van der Waals surface area contributed by atoms with E-state index in [-0.39, 0.29) is 11.5 Å². The van der Waals surface area contributed by atoms with E-state index in [0.29, 0.717) is 30.9 Å². The predicted molar refractivity (Wildman–Crippen MR) is 152 cm³/mol. The van der Waals surface area contributed by atoms with Gasteiger partial charge in [-0.05, 0) is 88.3 Å². The zero-order chi connectivity index (χ0) is 28.7. The molecule has 214 valence electrons. The van der Waals surface area contributed by atoms with Crippen LogP contribution in [0.5, 0.6) is 5.88 Å². The third-order valence-corrected chi connectivity index (χ3v) is 7.18. The molecule has 0 spiro atoms. The Hall–Kier alpha value is -3.59. The average molecular weight is 553 g/mol. The van der Waals surface area contributed by atoms with Crippen LogP contribution < -0.4 is 15.4 Å². The first kappa shape index (κ1) is 29.4. The molecule has 1 fully saturated rings. The molecule has 0 bridgehead atoms. The van der Waals surface area contributed by atoms with Gasteiger partial charge >= 0.3 is 6.09 Å². The first-order valence-electron chi connectivity index (χ1n) is 13.7. The maximum absolute atomic E-state index is 13.9. The van der Waals surface area contributed by atoms with Gasteiger partial charge in [0.15, 0.2) is 0 Å². The molecule has 7 nitrogen and oxygen atoms in total. The van der Waals surface area contributed by atoms with Crippen LogP contribution in [0.25, 0.3) is 17.1 Å². The van der Waals surface area contributed by atoms with Crippen molar-refractivity contribution in [3.63, 3.8) is 0 Å². The number of rotatable bonds is 9. The number of nitrogens with zero attached hydrogens (tertiary/aromatic N) is 2. The quantitative estimate of drug-likeness (QED) is 0.320.